The molecular weight excluding hydrogens is 315 g/mol. The second-order valence-electron chi connectivity index (χ2n) is 0.0833. The van der Waals surface area contributed by atoms with E-state index in [0.29, 0.717) is 0 Å². The summed E-state index contributed by atoms with van der Waals surface area (Å²) in [6.07, 6.45) is 0. The standard InChI is InChI=1S/2O.Pb.H4Si.Ti.2H/h;;;1H4;;;. The molecule has 5 heavy (non-hydrogen) atoms. The molecule has 0 N–H and O–H groups in total. The Hall–Kier alpha value is 1.45. The third-order valence-electron chi connectivity index (χ3n) is 0. The van der Waals surface area contributed by atoms with E-state index in [2.05, 4.69) is 0 Å². The van der Waals surface area contributed by atoms with Crippen LogP contribution in [0.4, 0.5) is 0 Å². The molecule has 0 aromatic carbocycles. The van der Waals surface area contributed by atoms with Crippen molar-refractivity contribution in [3.63, 3.8) is 0 Å². The first kappa shape index (κ1) is 16.1. The maximum Gasteiger partial charge on any atom is -0.0149 e. The Bertz CT molecular complexity index is 30.6. The summed E-state index contributed by atoms with van der Waals surface area (Å²) in [7, 11) is 0. The van der Waals surface area contributed by atoms with Crippen LogP contribution in [-0.2, 0) is 25.7 Å². The molecule has 2 radical (unpaired) electrons. The maximum atomic E-state index is 8.50. The molecule has 30 valence electrons. The first-order valence-electron chi connectivity index (χ1n) is 0.408. The SMILES string of the molecule is [O]=[Ti]=[O].[PbH2].[SiH4]. The topological polar surface area (TPSA) is 34.1 Å². The molecule has 0 saturated carbocycles. The van der Waals surface area contributed by atoms with Crippen molar-refractivity contribution in [2.75, 3.05) is 0 Å². The molecule has 0 aliphatic rings. The molecule has 2 nitrogen and oxygen atoms in total. The number of hydrogen-bond donors (Lipinski definition) is 0. The first-order valence-corrected chi connectivity index (χ1v) is 1.68. The van der Waals surface area contributed by atoms with Crippen LogP contribution >= 0.6 is 0 Å². The summed E-state index contributed by atoms with van der Waals surface area (Å²) in [5.41, 5.74) is 0. The van der Waals surface area contributed by atoms with E-state index in [4.69, 9.17) is 6.65 Å². The van der Waals surface area contributed by atoms with Crippen LogP contribution in [0.25, 0.3) is 0 Å². The quantitative estimate of drug-likeness (QED) is 0.458. The molecule has 0 heterocycles. The fourth-order valence-corrected chi connectivity index (χ4v) is 0. The average Bonchev–Trinajstić information content (AvgIpc) is 0.918. The molecule has 0 aliphatic carbocycles. The van der Waals surface area contributed by atoms with E-state index in [9.17, 15) is 0 Å². The molecule has 0 saturated heterocycles. The molecule has 0 atom stereocenters. The van der Waals surface area contributed by atoms with E-state index in [0.717, 1.165) is 0 Å². The Kier molecular flexibility index (Phi) is 57.8. The van der Waals surface area contributed by atoms with E-state index >= 15 is 0 Å². The van der Waals surface area contributed by atoms with Crippen molar-refractivity contribution >= 4 is 38.3 Å². The van der Waals surface area contributed by atoms with Gasteiger partial charge in [-0.3, -0.25) is 0 Å². The predicted octanol–water partition coefficient (Wildman–Crippen LogP) is -2.61. The van der Waals surface area contributed by atoms with Crippen molar-refractivity contribution in [2.45, 2.75) is 0 Å². The zero-order valence-corrected chi connectivity index (χ0v) is 9.08. The second kappa shape index (κ2) is 18.0. The van der Waals surface area contributed by atoms with Crippen molar-refractivity contribution in [1.29, 1.82) is 0 Å². The Labute approximate surface area is 63.5 Å². The zero-order chi connectivity index (χ0) is 2.71. The van der Waals surface area contributed by atoms with E-state index in [1.54, 1.807) is 0 Å². The Morgan fingerprint density at radius 3 is 1.20 bits per heavy atom. The molecule has 0 fully saturated rings. The predicted molar refractivity (Wildman–Crippen MR) is 21.3 cm³/mol. The van der Waals surface area contributed by atoms with E-state index < -0.39 is 19.1 Å². The van der Waals surface area contributed by atoms with Crippen LogP contribution in [0.3, 0.4) is 0 Å². The van der Waals surface area contributed by atoms with E-state index in [-0.39, 0.29) is 38.3 Å². The van der Waals surface area contributed by atoms with Crippen LogP contribution in [-0.4, -0.2) is 38.3 Å². The Morgan fingerprint density at radius 2 is 1.20 bits per heavy atom. The van der Waals surface area contributed by atoms with Crippen LogP contribution in [0.2, 0.25) is 0 Å². The molecule has 0 spiro atoms. The normalized spacial score (nSPS) is 1.60. The van der Waals surface area contributed by atoms with Gasteiger partial charge >= 0.3 is 53.0 Å². The molecule has 0 aromatic heterocycles. The van der Waals surface area contributed by atoms with Gasteiger partial charge in [0, 0.05) is 0 Å². The van der Waals surface area contributed by atoms with Gasteiger partial charge in [-0.05, 0) is 11.0 Å². The molecule has 0 bridgehead atoms. The van der Waals surface area contributed by atoms with Crippen molar-refractivity contribution in [2.24, 2.45) is 0 Å². The fraction of sp³-hybridized carbons (Fsp3) is 0. The summed E-state index contributed by atoms with van der Waals surface area (Å²) in [6, 6.07) is 0. The summed E-state index contributed by atoms with van der Waals surface area (Å²) in [5, 5.41) is 0. The van der Waals surface area contributed by atoms with Crippen molar-refractivity contribution in [3.8, 4) is 0 Å². The molecule has 0 aromatic rings. The summed E-state index contributed by atoms with van der Waals surface area (Å²) in [4.78, 5) is 0. The summed E-state index contributed by atoms with van der Waals surface area (Å²) >= 11 is -2.00. The van der Waals surface area contributed by atoms with Gasteiger partial charge in [0.25, 0.3) is 0 Å². The molecule has 0 amide bonds. The molecule has 5 heteroatoms. The molecule has 0 unspecified atom stereocenters. The van der Waals surface area contributed by atoms with Gasteiger partial charge in [0.1, 0.15) is 0 Å². The van der Waals surface area contributed by atoms with Crippen molar-refractivity contribution < 1.29 is 25.7 Å². The molecule has 0 rings (SSSR count). The van der Waals surface area contributed by atoms with Crippen molar-refractivity contribution in [1.82, 2.24) is 0 Å². The monoisotopic (exact) mass is 322 g/mol. The number of hydrogen-bond acceptors (Lipinski definition) is 2. The van der Waals surface area contributed by atoms with Gasteiger partial charge in [-0.15, -0.1) is 0 Å². The van der Waals surface area contributed by atoms with Crippen LogP contribution in [0, 0.1) is 0 Å². The average molecular weight is 321 g/mol. The van der Waals surface area contributed by atoms with Gasteiger partial charge in [-0.25, -0.2) is 0 Å². The van der Waals surface area contributed by atoms with E-state index in [1.165, 1.54) is 0 Å². The Morgan fingerprint density at radius 1 is 1.20 bits per heavy atom. The third-order valence-corrected chi connectivity index (χ3v) is 0. The summed E-state index contributed by atoms with van der Waals surface area (Å²) < 4.78 is 17.0. The van der Waals surface area contributed by atoms with Crippen LogP contribution in [0.1, 0.15) is 0 Å². The van der Waals surface area contributed by atoms with Gasteiger partial charge in [0.2, 0.25) is 0 Å². The smallest absolute Gasteiger partial charge is 0.0149 e. The fourth-order valence-electron chi connectivity index (χ4n) is 0. The molecular formula is H6O2PbSiTi. The molecule has 0 aliphatic heterocycles. The van der Waals surface area contributed by atoms with E-state index in [1.807, 2.05) is 0 Å². The van der Waals surface area contributed by atoms with Gasteiger partial charge in [0.15, 0.2) is 0 Å². The van der Waals surface area contributed by atoms with Crippen LogP contribution < -0.4 is 0 Å². The minimum atomic E-state index is -2.00. The summed E-state index contributed by atoms with van der Waals surface area (Å²) in [6.45, 7) is 0. The first-order chi connectivity index (χ1) is 1.41. The number of rotatable bonds is 0. The summed E-state index contributed by atoms with van der Waals surface area (Å²) in [5.74, 6) is 0. The van der Waals surface area contributed by atoms with Gasteiger partial charge in [0.05, 0.1) is 0 Å². The van der Waals surface area contributed by atoms with Gasteiger partial charge < -0.3 is 0 Å². The largest absolute Gasteiger partial charge is 0.0149 e. The van der Waals surface area contributed by atoms with Crippen LogP contribution in [0.5, 0.6) is 0 Å². The Balaban J connectivity index is -0.0000000200. The minimum Gasteiger partial charge on any atom is -0.0149 e. The second-order valence-corrected chi connectivity index (χ2v) is 0.344. The zero-order valence-electron chi connectivity index (χ0n) is 2.02. The van der Waals surface area contributed by atoms with Crippen molar-refractivity contribution in [3.05, 3.63) is 0 Å². The minimum absolute atomic E-state index is 0. The van der Waals surface area contributed by atoms with Gasteiger partial charge in [-0.2, -0.15) is 0 Å². The maximum absolute atomic E-state index is 8.50. The third kappa shape index (κ3) is 30.8. The van der Waals surface area contributed by atoms with Crippen LogP contribution in [0.15, 0.2) is 0 Å². The van der Waals surface area contributed by atoms with Gasteiger partial charge in [-0.1, -0.05) is 0 Å².